The zero-order valence-electron chi connectivity index (χ0n) is 27.5. The van der Waals surface area contributed by atoms with Crippen molar-refractivity contribution in [2.45, 2.75) is 182 Å². The van der Waals surface area contributed by atoms with Gasteiger partial charge >= 0.3 is 0 Å². The first-order valence-corrected chi connectivity index (χ1v) is 18.4. The Hall–Kier alpha value is -0.900. The Morgan fingerprint density at radius 1 is 0.400 bits per heavy atom. The predicted octanol–water partition coefficient (Wildman–Crippen LogP) is 11.7. The van der Waals surface area contributed by atoms with Crippen molar-refractivity contribution in [1.29, 1.82) is 0 Å². The lowest BCUT2D eigenvalue weighted by Gasteiger charge is -2.34. The number of anilines is 2. The maximum atomic E-state index is 13.3. The van der Waals surface area contributed by atoms with Gasteiger partial charge in [-0.25, -0.2) is 0 Å². The number of hydrogen-bond acceptors (Lipinski definition) is 4. The lowest BCUT2D eigenvalue weighted by molar-refractivity contribution is 0.567. The Morgan fingerprint density at radius 3 is 0.950 bits per heavy atom. The topological polar surface area (TPSA) is 23.6 Å². The third kappa shape index (κ3) is 15.9. The summed E-state index contributed by atoms with van der Waals surface area (Å²) in [6.45, 7) is 13.3. The van der Waals surface area contributed by atoms with E-state index in [9.17, 15) is 4.79 Å². The van der Waals surface area contributed by atoms with Gasteiger partial charge in [-0.1, -0.05) is 168 Å². The third-order valence-corrected chi connectivity index (χ3v) is 9.00. The lowest BCUT2D eigenvalue weighted by Crippen LogP contribution is -2.39. The fraction of sp³-hybridized carbons (Fsp3) is 0.889. The van der Waals surface area contributed by atoms with Gasteiger partial charge in [-0.2, -0.15) is 0 Å². The molecule has 234 valence electrons. The van der Waals surface area contributed by atoms with Crippen molar-refractivity contribution in [3.05, 3.63) is 14.7 Å². The average molecular weight is 577 g/mol. The van der Waals surface area contributed by atoms with Gasteiger partial charge in [0, 0.05) is 26.2 Å². The van der Waals surface area contributed by atoms with Crippen molar-refractivity contribution in [3.63, 3.8) is 0 Å². The zero-order chi connectivity index (χ0) is 29.3. The average Bonchev–Trinajstić information content (AvgIpc) is 2.96. The van der Waals surface area contributed by atoms with Crippen LogP contribution in [-0.2, 0) is 0 Å². The zero-order valence-corrected chi connectivity index (χ0v) is 28.3. The highest BCUT2D eigenvalue weighted by atomic mass is 32.1. The fourth-order valence-electron chi connectivity index (χ4n) is 5.96. The number of nitrogens with zero attached hydrogens (tertiary/aromatic N) is 2. The largest absolute Gasteiger partial charge is 0.368 e. The molecule has 4 heteroatoms. The molecule has 0 fully saturated rings. The van der Waals surface area contributed by atoms with E-state index in [0.29, 0.717) is 4.51 Å². The standard InChI is InChI=1S/C36H68N2OS/c1-5-9-13-17-21-25-29-37(30-26-22-18-14-10-6-2)33-34(36(40)35(33)39)38(31-27-23-19-15-11-7-3)32-28-24-20-16-12-8-4/h5-32H2,1-4H3. The maximum Gasteiger partial charge on any atom is 0.224 e. The molecule has 1 aromatic rings. The van der Waals surface area contributed by atoms with Crippen LogP contribution in [-0.4, -0.2) is 26.2 Å². The highest BCUT2D eigenvalue weighted by Crippen LogP contribution is 2.33. The van der Waals surface area contributed by atoms with Crippen molar-refractivity contribution in [2.24, 2.45) is 0 Å². The van der Waals surface area contributed by atoms with Crippen molar-refractivity contribution >= 4 is 23.6 Å². The van der Waals surface area contributed by atoms with Crippen LogP contribution >= 0.6 is 12.2 Å². The molecule has 40 heavy (non-hydrogen) atoms. The van der Waals surface area contributed by atoms with E-state index < -0.39 is 0 Å². The van der Waals surface area contributed by atoms with Gasteiger partial charge in [0.15, 0.2) is 0 Å². The molecule has 0 aliphatic heterocycles. The molecule has 0 heterocycles. The summed E-state index contributed by atoms with van der Waals surface area (Å²) in [6.07, 6.45) is 31.1. The Bertz CT molecular complexity index is 674. The second-order valence-electron chi connectivity index (χ2n) is 12.4. The molecule has 0 aromatic heterocycles. The summed E-state index contributed by atoms with van der Waals surface area (Å²) in [5.41, 5.74) is 2.26. The highest BCUT2D eigenvalue weighted by molar-refractivity contribution is 7.71. The summed E-state index contributed by atoms with van der Waals surface area (Å²) in [5.74, 6) is 0. The van der Waals surface area contributed by atoms with Crippen molar-refractivity contribution in [1.82, 2.24) is 0 Å². The smallest absolute Gasteiger partial charge is 0.224 e. The van der Waals surface area contributed by atoms with Gasteiger partial charge in [0.05, 0.1) is 5.69 Å². The molecule has 0 saturated heterocycles. The van der Waals surface area contributed by atoms with Crippen molar-refractivity contribution < 1.29 is 0 Å². The summed E-state index contributed by atoms with van der Waals surface area (Å²) < 4.78 is 0.614. The fourth-order valence-corrected chi connectivity index (χ4v) is 6.28. The molecule has 0 radical (unpaired) electrons. The van der Waals surface area contributed by atoms with Crippen LogP contribution in [0.4, 0.5) is 11.4 Å². The molecule has 0 bridgehead atoms. The van der Waals surface area contributed by atoms with Crippen LogP contribution in [0.2, 0.25) is 0 Å². The molecule has 0 amide bonds. The van der Waals surface area contributed by atoms with E-state index in [1.54, 1.807) is 0 Å². The van der Waals surface area contributed by atoms with Gasteiger partial charge in [-0.05, 0) is 25.7 Å². The Kier molecular flexibility index (Phi) is 23.9. The first kappa shape index (κ1) is 37.1. The van der Waals surface area contributed by atoms with Gasteiger partial charge in [0.2, 0.25) is 5.43 Å². The predicted molar refractivity (Wildman–Crippen MR) is 184 cm³/mol. The molecule has 0 atom stereocenters. The minimum Gasteiger partial charge on any atom is -0.368 e. The lowest BCUT2D eigenvalue weighted by atomic mass is 10.1. The van der Waals surface area contributed by atoms with Crippen LogP contribution in [0.3, 0.4) is 0 Å². The minimum atomic E-state index is 0.151. The van der Waals surface area contributed by atoms with Crippen LogP contribution in [0, 0.1) is 4.51 Å². The van der Waals surface area contributed by atoms with E-state index in [4.69, 9.17) is 12.2 Å². The van der Waals surface area contributed by atoms with Crippen molar-refractivity contribution in [2.75, 3.05) is 36.0 Å². The number of unbranched alkanes of at least 4 members (excludes halogenated alkanes) is 20. The molecule has 0 spiro atoms. The molecule has 0 saturated carbocycles. The highest BCUT2D eigenvalue weighted by Gasteiger charge is 2.27. The van der Waals surface area contributed by atoms with Gasteiger partial charge in [0.1, 0.15) is 10.2 Å². The second-order valence-corrected chi connectivity index (χ2v) is 12.8. The van der Waals surface area contributed by atoms with E-state index in [1.165, 1.54) is 154 Å². The van der Waals surface area contributed by atoms with Gasteiger partial charge in [-0.15, -0.1) is 0 Å². The van der Waals surface area contributed by atoms with E-state index in [2.05, 4.69) is 37.5 Å². The van der Waals surface area contributed by atoms with Crippen LogP contribution in [0.5, 0.6) is 0 Å². The molecular formula is C36H68N2OS. The minimum absolute atomic E-state index is 0.151. The Labute approximate surface area is 255 Å². The quantitative estimate of drug-likeness (QED) is 0.0671. The van der Waals surface area contributed by atoms with E-state index >= 15 is 0 Å². The first-order chi connectivity index (χ1) is 19.6. The summed E-state index contributed by atoms with van der Waals surface area (Å²) in [7, 11) is 0. The molecule has 1 rings (SSSR count). The normalized spacial score (nSPS) is 11.5. The van der Waals surface area contributed by atoms with Gasteiger partial charge in [-0.3, -0.25) is 4.79 Å². The first-order valence-electron chi connectivity index (χ1n) is 17.9. The van der Waals surface area contributed by atoms with Crippen molar-refractivity contribution in [3.8, 4) is 0 Å². The van der Waals surface area contributed by atoms with Crippen LogP contribution in [0.25, 0.3) is 0 Å². The molecule has 0 N–H and O–H groups in total. The van der Waals surface area contributed by atoms with Crippen LogP contribution in [0.1, 0.15) is 182 Å². The Balaban J connectivity index is 2.92. The van der Waals surface area contributed by atoms with E-state index in [1.807, 2.05) is 0 Å². The maximum absolute atomic E-state index is 13.3. The Morgan fingerprint density at radius 2 is 0.650 bits per heavy atom. The van der Waals surface area contributed by atoms with Crippen LogP contribution in [0.15, 0.2) is 4.79 Å². The monoisotopic (exact) mass is 577 g/mol. The van der Waals surface area contributed by atoms with Gasteiger partial charge < -0.3 is 9.80 Å². The van der Waals surface area contributed by atoms with Gasteiger partial charge in [0.25, 0.3) is 0 Å². The summed E-state index contributed by atoms with van der Waals surface area (Å²) in [6, 6.07) is 0. The third-order valence-electron chi connectivity index (χ3n) is 8.62. The summed E-state index contributed by atoms with van der Waals surface area (Å²) in [4.78, 5) is 18.3. The summed E-state index contributed by atoms with van der Waals surface area (Å²) in [5, 5.41) is 0. The molecular weight excluding hydrogens is 508 g/mol. The SMILES string of the molecule is CCCCCCCCN(CCCCCCCC)c1c(N(CCCCCCCC)CCCCCCCC)c(=S)c1=O. The number of hydrogen-bond donors (Lipinski definition) is 0. The van der Waals surface area contributed by atoms with E-state index in [-0.39, 0.29) is 5.43 Å². The molecule has 1 aromatic carbocycles. The van der Waals surface area contributed by atoms with Crippen LogP contribution < -0.4 is 15.2 Å². The molecule has 3 nitrogen and oxygen atoms in total. The molecule has 0 aliphatic rings. The number of rotatable bonds is 30. The second kappa shape index (κ2) is 25.8. The van der Waals surface area contributed by atoms with E-state index in [0.717, 1.165) is 37.6 Å². The molecule has 0 aliphatic carbocycles. The molecule has 0 unspecified atom stereocenters. The summed E-state index contributed by atoms with van der Waals surface area (Å²) >= 11 is 5.76.